The fourth-order valence-corrected chi connectivity index (χ4v) is 15.0. The molecule has 3 aromatic carbocycles. The number of ether oxygens (including phenoxy) is 3. The molecule has 91 heavy (non-hydrogen) atoms. The predicted octanol–water partition coefficient (Wildman–Crippen LogP) is 10.3. The number of piperazine rings is 2. The zero-order valence-electron chi connectivity index (χ0n) is 53.6. The minimum Gasteiger partial charge on any atom is -0.462 e. The molecule has 0 radical (unpaired) electrons. The SMILES string of the molecule is CCc1cccc2cccc(-c3ncc4c(N5CC6CCC(C5)N6C(=O)OC(C)(C)C)nc(OC[C@@H]5CC[C@@H](COC(=O)N6CCN(c7cc([C@H](C(=O)N8C[C@H](O)C[C@H]8C(=O)N[C@@H](C)c8ccc(-c9scnc9C)cc8)C(C)C)on7)[C@H](C)C6)N5C)nc4c3F)c12. The molecular formula is C68H83FN12O9S. The number of carbonyl (C=O) groups excluding carboxylic acids is 4. The quantitative estimate of drug-likeness (QED) is 0.0917. The number of benzene rings is 3. The maximum atomic E-state index is 17.5. The summed E-state index contributed by atoms with van der Waals surface area (Å²) >= 11 is 1.58. The lowest BCUT2D eigenvalue weighted by atomic mass is 9.91. The number of thiazole rings is 1. The number of pyridine rings is 1. The van der Waals surface area contributed by atoms with Crippen LogP contribution in [0, 0.1) is 18.7 Å². The van der Waals surface area contributed by atoms with Crippen LogP contribution in [0.25, 0.3) is 43.4 Å². The van der Waals surface area contributed by atoms with Gasteiger partial charge in [-0.3, -0.25) is 24.4 Å². The molecule has 5 fully saturated rings. The van der Waals surface area contributed by atoms with Crippen LogP contribution in [0.5, 0.6) is 6.01 Å². The van der Waals surface area contributed by atoms with Crippen molar-refractivity contribution in [2.24, 2.45) is 5.92 Å². The summed E-state index contributed by atoms with van der Waals surface area (Å²) in [7, 11) is 1.99. The molecule has 0 aliphatic carbocycles. The Morgan fingerprint density at radius 2 is 1.62 bits per heavy atom. The van der Waals surface area contributed by atoms with Gasteiger partial charge in [0.15, 0.2) is 17.4 Å². The maximum absolute atomic E-state index is 17.5. The molecule has 0 spiro atoms. The molecule has 21 nitrogen and oxygen atoms in total. The highest BCUT2D eigenvalue weighted by Crippen LogP contribution is 2.41. The Balaban J connectivity index is 0.670. The number of aliphatic hydroxyl groups excluding tert-OH is 1. The first-order valence-electron chi connectivity index (χ1n) is 32.0. The van der Waals surface area contributed by atoms with Crippen LogP contribution in [-0.2, 0) is 25.5 Å². The number of likely N-dealkylation sites (tertiary alicyclic amines) is 2. The fourth-order valence-electron chi connectivity index (χ4n) is 14.2. The first-order valence-corrected chi connectivity index (χ1v) is 32.9. The number of hydrogen-bond donors (Lipinski definition) is 2. The van der Waals surface area contributed by atoms with Crippen LogP contribution >= 0.6 is 11.3 Å². The Morgan fingerprint density at radius 3 is 2.30 bits per heavy atom. The number of amides is 4. The van der Waals surface area contributed by atoms with Crippen molar-refractivity contribution in [3.05, 3.63) is 107 Å². The van der Waals surface area contributed by atoms with Crippen molar-refractivity contribution in [1.82, 2.24) is 50.0 Å². The first-order chi connectivity index (χ1) is 43.6. The lowest BCUT2D eigenvalue weighted by Gasteiger charge is -2.42. The average Bonchev–Trinajstić information content (AvgIpc) is 1.56. The van der Waals surface area contributed by atoms with Crippen molar-refractivity contribution >= 4 is 68.6 Å². The Bertz CT molecular complexity index is 3820. The van der Waals surface area contributed by atoms with Crippen LogP contribution in [0.1, 0.15) is 122 Å². The number of aryl methyl sites for hydroxylation is 2. The zero-order valence-corrected chi connectivity index (χ0v) is 54.4. The standard InChI is InChI=1S/C68H83FN12O9S/c1-11-42-14-12-15-44-16-13-17-51(57(42)44)59-58(69)60-52(30-70-59)62(78-32-46-22-23-47(33-78)81(46)67(86)89-68(7,8)9)74-65(73-60)87-35-48-24-25-49(76(48)10)36-88-66(85)77-26-27-79(39(4)31-77)55-29-54(90-75-55)56(38(2)3)64(84)80-34-50(82)28-53(80)63(83)72-40(5)43-18-20-45(21-19-43)61-41(6)71-37-91-61/h12-21,29-30,37-40,46-50,53,56,82H,11,22-28,31-36H2,1-10H3,(H,72,83)/t39-,40+,46?,47?,48+,49+,50-,53+,56-/m1/s1. The number of β-amino-alcohol motifs (C(OH)–C–C–N with tert-alkyl or cyclic N) is 1. The summed E-state index contributed by atoms with van der Waals surface area (Å²) in [5.74, 6) is -0.866. The third-order valence-corrected chi connectivity index (χ3v) is 20.0. The highest BCUT2D eigenvalue weighted by Gasteiger charge is 2.47. The summed E-state index contributed by atoms with van der Waals surface area (Å²) < 4.78 is 41.8. The maximum Gasteiger partial charge on any atom is 0.410 e. The van der Waals surface area contributed by atoms with Gasteiger partial charge < -0.3 is 48.8 Å². The Hall–Kier alpha value is -8.02. The number of rotatable bonds is 16. The first kappa shape index (κ1) is 63.1. The van der Waals surface area contributed by atoms with Crippen molar-refractivity contribution in [1.29, 1.82) is 0 Å². The van der Waals surface area contributed by atoms with Gasteiger partial charge in [0.25, 0.3) is 0 Å². The molecular weight excluding hydrogens is 1180 g/mol. The van der Waals surface area contributed by atoms with Crippen molar-refractivity contribution in [3.8, 4) is 27.7 Å². The van der Waals surface area contributed by atoms with E-state index in [1.54, 1.807) is 28.5 Å². The number of halogens is 1. The van der Waals surface area contributed by atoms with Gasteiger partial charge in [0, 0.05) is 81.6 Å². The van der Waals surface area contributed by atoms with Crippen molar-refractivity contribution in [3.63, 3.8) is 0 Å². The summed E-state index contributed by atoms with van der Waals surface area (Å²) in [6.07, 6.45) is 4.00. The van der Waals surface area contributed by atoms with Gasteiger partial charge in [0.05, 0.1) is 45.7 Å². The van der Waals surface area contributed by atoms with Crippen LogP contribution in [0.3, 0.4) is 0 Å². The minimum atomic E-state index is -0.877. The van der Waals surface area contributed by atoms with E-state index in [1.807, 2.05) is 132 Å². The highest BCUT2D eigenvalue weighted by atomic mass is 32.1. The molecule has 9 atom stereocenters. The van der Waals surface area contributed by atoms with Gasteiger partial charge in [-0.25, -0.2) is 19.0 Å². The van der Waals surface area contributed by atoms with Crippen LogP contribution in [0.4, 0.5) is 25.6 Å². The van der Waals surface area contributed by atoms with Crippen LogP contribution in [0.15, 0.2) is 83.0 Å². The molecule has 482 valence electrons. The third-order valence-electron chi connectivity index (χ3n) is 19.0. The third kappa shape index (κ3) is 12.9. The Morgan fingerprint density at radius 1 is 0.890 bits per heavy atom. The van der Waals surface area contributed by atoms with E-state index in [9.17, 15) is 24.3 Å². The van der Waals surface area contributed by atoms with E-state index < -0.39 is 35.6 Å². The Kier molecular flexibility index (Phi) is 18.0. The fraction of sp³-hybridized carbons (Fsp3) is 0.515. The number of hydrogen-bond acceptors (Lipinski definition) is 18. The second kappa shape index (κ2) is 25.9. The van der Waals surface area contributed by atoms with Crippen molar-refractivity contribution in [2.45, 2.75) is 161 Å². The molecule has 5 aliphatic rings. The minimum absolute atomic E-state index is 0.0139. The number of aliphatic hydroxyl groups is 1. The molecule has 4 amide bonds. The summed E-state index contributed by atoms with van der Waals surface area (Å²) in [5, 5.41) is 20.8. The van der Waals surface area contributed by atoms with E-state index in [0.717, 1.165) is 70.1 Å². The van der Waals surface area contributed by atoms with E-state index >= 15 is 4.39 Å². The summed E-state index contributed by atoms with van der Waals surface area (Å²) in [6, 6.07) is 19.9. The van der Waals surface area contributed by atoms with E-state index in [-0.39, 0.29) is 103 Å². The lowest BCUT2D eigenvalue weighted by molar-refractivity contribution is -0.141. The summed E-state index contributed by atoms with van der Waals surface area (Å²) in [4.78, 5) is 87.1. The largest absolute Gasteiger partial charge is 0.462 e. The summed E-state index contributed by atoms with van der Waals surface area (Å²) in [6.45, 7) is 19.8. The van der Waals surface area contributed by atoms with Gasteiger partial charge in [-0.2, -0.15) is 9.97 Å². The highest BCUT2D eigenvalue weighted by molar-refractivity contribution is 7.13. The van der Waals surface area contributed by atoms with Gasteiger partial charge in [-0.1, -0.05) is 86.6 Å². The van der Waals surface area contributed by atoms with Crippen molar-refractivity contribution in [2.75, 3.05) is 69.3 Å². The lowest BCUT2D eigenvalue weighted by Crippen LogP contribution is -2.57. The molecule has 2 N–H and O–H groups in total. The number of likely N-dealkylation sites (N-methyl/N-ethyl adjacent to an activating group) is 1. The van der Waals surface area contributed by atoms with Gasteiger partial charge >= 0.3 is 18.2 Å². The number of anilines is 2. The van der Waals surface area contributed by atoms with Gasteiger partial charge in [-0.15, -0.1) is 11.3 Å². The number of aromatic nitrogens is 5. The van der Waals surface area contributed by atoms with E-state index in [2.05, 4.69) is 38.2 Å². The van der Waals surface area contributed by atoms with E-state index in [0.29, 0.717) is 61.1 Å². The number of nitrogens with one attached hydrogen (secondary N) is 1. The number of nitrogens with zero attached hydrogens (tertiary/aromatic N) is 11. The monoisotopic (exact) mass is 1260 g/mol. The van der Waals surface area contributed by atoms with Gasteiger partial charge in [-0.05, 0) is 114 Å². The molecule has 5 saturated heterocycles. The molecule has 2 unspecified atom stereocenters. The predicted molar refractivity (Wildman–Crippen MR) is 346 cm³/mol. The number of fused-ring (bicyclic) bond motifs is 4. The second-order valence-electron chi connectivity index (χ2n) is 26.6. The molecule has 5 aliphatic heterocycles. The van der Waals surface area contributed by atoms with Gasteiger partial charge in [0.2, 0.25) is 11.8 Å². The van der Waals surface area contributed by atoms with E-state index in [1.165, 1.54) is 4.90 Å². The second-order valence-corrected chi connectivity index (χ2v) is 27.5. The van der Waals surface area contributed by atoms with Crippen molar-refractivity contribution < 1.29 is 47.4 Å². The smallest absolute Gasteiger partial charge is 0.410 e. The summed E-state index contributed by atoms with van der Waals surface area (Å²) in [5.41, 5.74) is 6.15. The van der Waals surface area contributed by atoms with Crippen LogP contribution < -0.4 is 19.9 Å². The molecule has 12 rings (SSSR count). The molecule has 0 saturated carbocycles. The topological polar surface area (TPSA) is 225 Å². The van der Waals surface area contributed by atoms with Crippen LogP contribution in [-0.4, -0.2) is 181 Å². The molecule has 7 aromatic rings. The molecule has 4 aromatic heterocycles. The van der Waals surface area contributed by atoms with E-state index in [4.69, 9.17) is 33.7 Å². The molecule has 2 bridgehead atoms. The number of carbonyl (C=O) groups is 4. The Labute approximate surface area is 534 Å². The molecule has 23 heteroatoms. The van der Waals surface area contributed by atoms with Gasteiger partial charge in [0.1, 0.15) is 47.8 Å². The zero-order chi connectivity index (χ0) is 64.2. The normalized spacial score (nSPS) is 22.7. The van der Waals surface area contributed by atoms with Crippen LogP contribution in [0.2, 0.25) is 0 Å². The molecule has 9 heterocycles. The average molecular weight is 1260 g/mol.